The van der Waals surface area contributed by atoms with Crippen LogP contribution >= 0.6 is 11.6 Å². The maximum atomic E-state index is 12.6. The van der Waals surface area contributed by atoms with E-state index in [1.54, 1.807) is 18.2 Å². The van der Waals surface area contributed by atoms with Crippen molar-refractivity contribution in [3.8, 4) is 0 Å². The summed E-state index contributed by atoms with van der Waals surface area (Å²) in [5.41, 5.74) is 6.19. The van der Waals surface area contributed by atoms with Crippen molar-refractivity contribution in [2.24, 2.45) is 16.3 Å². The lowest BCUT2D eigenvalue weighted by molar-refractivity contribution is -0.126. The molecule has 1 saturated carbocycles. The van der Waals surface area contributed by atoms with Gasteiger partial charge in [-0.3, -0.25) is 4.79 Å². The average Bonchev–Trinajstić information content (AvgIpc) is 2.47. The number of nitrogens with two attached hydrogens (primary N) is 1. The second-order valence-electron chi connectivity index (χ2n) is 5.75. The number of amidine groups is 1. The number of hydrogen-bond donors (Lipinski definition) is 3. The zero-order chi connectivity index (χ0) is 15.5. The quantitative estimate of drug-likeness (QED) is 0.346. The van der Waals surface area contributed by atoms with E-state index < -0.39 is 0 Å². The van der Waals surface area contributed by atoms with Gasteiger partial charge in [-0.2, -0.15) is 0 Å². The molecule has 0 aliphatic heterocycles. The summed E-state index contributed by atoms with van der Waals surface area (Å²) in [4.78, 5) is 12.6. The molecule has 21 heavy (non-hydrogen) atoms. The molecule has 1 fully saturated rings. The number of amides is 1. The smallest absolute Gasteiger partial charge is 0.230 e. The molecule has 0 atom stereocenters. The summed E-state index contributed by atoms with van der Waals surface area (Å²) in [6, 6.07) is 4.86. The maximum absolute atomic E-state index is 12.6. The van der Waals surface area contributed by atoms with Crippen LogP contribution in [0.25, 0.3) is 0 Å². The first-order chi connectivity index (χ1) is 9.96. The molecule has 5 nitrogen and oxygen atoms in total. The molecule has 1 aromatic carbocycles. The molecule has 0 saturated heterocycles. The minimum atomic E-state index is -0.372. The molecule has 1 aliphatic rings. The summed E-state index contributed by atoms with van der Waals surface area (Å²) in [7, 11) is 0. The highest BCUT2D eigenvalue weighted by Crippen LogP contribution is 2.37. The maximum Gasteiger partial charge on any atom is 0.230 e. The van der Waals surface area contributed by atoms with Gasteiger partial charge in [0.1, 0.15) is 0 Å². The molecule has 0 heterocycles. The predicted molar refractivity (Wildman–Crippen MR) is 83.8 cm³/mol. The molecule has 6 heteroatoms. The fraction of sp³-hybridized carbons (Fsp3) is 0.467. The van der Waals surface area contributed by atoms with Crippen LogP contribution in [0.5, 0.6) is 0 Å². The number of benzene rings is 1. The van der Waals surface area contributed by atoms with Crippen molar-refractivity contribution in [1.82, 2.24) is 0 Å². The van der Waals surface area contributed by atoms with Crippen LogP contribution in [0, 0.1) is 5.41 Å². The van der Waals surface area contributed by atoms with E-state index in [1.807, 2.05) is 6.92 Å². The summed E-state index contributed by atoms with van der Waals surface area (Å²) in [5, 5.41) is 15.2. The summed E-state index contributed by atoms with van der Waals surface area (Å²) in [6.07, 6.45) is 5.05. The van der Waals surface area contributed by atoms with Gasteiger partial charge in [-0.1, -0.05) is 42.9 Å². The Balaban J connectivity index is 2.26. The average molecular weight is 310 g/mol. The molecule has 0 unspecified atom stereocenters. The molecule has 0 aromatic heterocycles. The molecule has 0 radical (unpaired) electrons. The van der Waals surface area contributed by atoms with E-state index in [1.165, 1.54) is 6.42 Å². The minimum absolute atomic E-state index is 0.0449. The Morgan fingerprint density at radius 3 is 2.67 bits per heavy atom. The molecular formula is C15H20ClN3O2. The van der Waals surface area contributed by atoms with Crippen LogP contribution < -0.4 is 11.1 Å². The van der Waals surface area contributed by atoms with Gasteiger partial charge in [0.15, 0.2) is 5.84 Å². The van der Waals surface area contributed by atoms with Crippen LogP contribution in [-0.4, -0.2) is 17.0 Å². The fourth-order valence-corrected chi connectivity index (χ4v) is 2.90. The van der Waals surface area contributed by atoms with E-state index in [4.69, 9.17) is 22.5 Å². The highest BCUT2D eigenvalue weighted by atomic mass is 35.5. The number of carbonyl (C=O) groups is 1. The summed E-state index contributed by atoms with van der Waals surface area (Å²) >= 11 is 5.97. The minimum Gasteiger partial charge on any atom is -0.409 e. The van der Waals surface area contributed by atoms with Crippen LogP contribution in [0.1, 0.15) is 44.6 Å². The van der Waals surface area contributed by atoms with Crippen molar-refractivity contribution in [3.05, 3.63) is 28.8 Å². The Hall–Kier alpha value is -1.75. The van der Waals surface area contributed by atoms with Crippen molar-refractivity contribution in [2.45, 2.75) is 39.0 Å². The third-order valence-electron chi connectivity index (χ3n) is 4.12. The second kappa shape index (κ2) is 6.35. The van der Waals surface area contributed by atoms with Crippen LogP contribution in [-0.2, 0) is 4.79 Å². The van der Waals surface area contributed by atoms with Crippen LogP contribution in [0.3, 0.4) is 0 Å². The molecule has 4 N–H and O–H groups in total. The highest BCUT2D eigenvalue weighted by Gasteiger charge is 2.34. The summed E-state index contributed by atoms with van der Waals surface area (Å²) in [5.74, 6) is -0.104. The Morgan fingerprint density at radius 2 is 2.05 bits per heavy atom. The van der Waals surface area contributed by atoms with E-state index >= 15 is 0 Å². The van der Waals surface area contributed by atoms with Gasteiger partial charge in [0.25, 0.3) is 0 Å². The van der Waals surface area contributed by atoms with Gasteiger partial charge >= 0.3 is 0 Å². The van der Waals surface area contributed by atoms with Gasteiger partial charge in [0.2, 0.25) is 5.91 Å². The van der Waals surface area contributed by atoms with Crippen LogP contribution in [0.4, 0.5) is 5.69 Å². The standard InChI is InChI=1S/C15H20ClN3O2/c1-15(7-3-2-4-8-15)14(20)18-12-9-10(16)5-6-11(12)13(17)19-21/h5-6,9,21H,2-4,7-8H2,1H3,(H2,17,19)(H,18,20). The molecule has 1 aromatic rings. The number of hydrogen-bond acceptors (Lipinski definition) is 3. The third-order valence-corrected chi connectivity index (χ3v) is 4.35. The van der Waals surface area contributed by atoms with Crippen molar-refractivity contribution in [3.63, 3.8) is 0 Å². The second-order valence-corrected chi connectivity index (χ2v) is 6.19. The van der Waals surface area contributed by atoms with E-state index in [-0.39, 0.29) is 17.2 Å². The number of anilines is 1. The lowest BCUT2D eigenvalue weighted by atomic mass is 9.75. The monoisotopic (exact) mass is 309 g/mol. The lowest BCUT2D eigenvalue weighted by Crippen LogP contribution is -2.35. The van der Waals surface area contributed by atoms with Gasteiger partial charge in [-0.15, -0.1) is 0 Å². The van der Waals surface area contributed by atoms with E-state index in [9.17, 15) is 4.79 Å². The summed E-state index contributed by atoms with van der Waals surface area (Å²) in [6.45, 7) is 1.98. The number of nitrogens with zero attached hydrogens (tertiary/aromatic N) is 1. The Kier molecular flexibility index (Phi) is 4.73. The van der Waals surface area contributed by atoms with Gasteiger partial charge in [-0.05, 0) is 31.0 Å². The molecule has 0 spiro atoms. The number of carbonyl (C=O) groups excluding carboxylic acids is 1. The zero-order valence-corrected chi connectivity index (χ0v) is 12.8. The van der Waals surface area contributed by atoms with Crippen LogP contribution in [0.2, 0.25) is 5.02 Å². The highest BCUT2D eigenvalue weighted by molar-refractivity contribution is 6.31. The molecule has 114 valence electrons. The van der Waals surface area contributed by atoms with Gasteiger partial charge in [-0.25, -0.2) is 0 Å². The van der Waals surface area contributed by atoms with Crippen molar-refractivity contribution in [2.75, 3.05) is 5.32 Å². The van der Waals surface area contributed by atoms with Crippen molar-refractivity contribution < 1.29 is 10.0 Å². The van der Waals surface area contributed by atoms with Gasteiger partial charge in [0.05, 0.1) is 5.69 Å². The first-order valence-corrected chi connectivity index (χ1v) is 7.43. The first kappa shape index (κ1) is 15.6. The Morgan fingerprint density at radius 1 is 1.38 bits per heavy atom. The fourth-order valence-electron chi connectivity index (χ4n) is 2.73. The number of nitrogens with one attached hydrogen (secondary N) is 1. The number of halogens is 1. The topological polar surface area (TPSA) is 87.7 Å². The van der Waals surface area contributed by atoms with Gasteiger partial charge in [0, 0.05) is 16.0 Å². The lowest BCUT2D eigenvalue weighted by Gasteiger charge is -2.32. The predicted octanol–water partition coefficient (Wildman–Crippen LogP) is 3.34. The van der Waals surface area contributed by atoms with E-state index in [2.05, 4.69) is 10.5 Å². The van der Waals surface area contributed by atoms with Crippen LogP contribution in [0.15, 0.2) is 23.4 Å². The van der Waals surface area contributed by atoms with Crippen molar-refractivity contribution in [1.29, 1.82) is 0 Å². The normalized spacial score (nSPS) is 18.3. The molecule has 0 bridgehead atoms. The number of rotatable bonds is 3. The molecule has 1 amide bonds. The van der Waals surface area contributed by atoms with Crippen molar-refractivity contribution >= 4 is 29.0 Å². The Bertz CT molecular complexity index is 566. The zero-order valence-electron chi connectivity index (χ0n) is 12.0. The van der Waals surface area contributed by atoms with Gasteiger partial charge < -0.3 is 16.3 Å². The SMILES string of the molecule is CC1(C(=O)Nc2cc(Cl)ccc2/C(N)=N/O)CCCCC1. The summed E-state index contributed by atoms with van der Waals surface area (Å²) < 4.78 is 0. The molecular weight excluding hydrogens is 290 g/mol. The third kappa shape index (κ3) is 3.47. The molecule has 2 rings (SSSR count). The van der Waals surface area contributed by atoms with E-state index in [0.717, 1.165) is 25.7 Å². The number of oxime groups is 1. The Labute approximate surface area is 129 Å². The largest absolute Gasteiger partial charge is 0.409 e. The first-order valence-electron chi connectivity index (χ1n) is 7.05. The molecule has 1 aliphatic carbocycles. The van der Waals surface area contributed by atoms with E-state index in [0.29, 0.717) is 16.3 Å².